The summed E-state index contributed by atoms with van der Waals surface area (Å²) in [4.78, 5) is 20.6. The van der Waals surface area contributed by atoms with Crippen LogP contribution in [0.3, 0.4) is 0 Å². The van der Waals surface area contributed by atoms with Crippen molar-refractivity contribution < 1.29 is 19.0 Å². The molecule has 2 saturated heterocycles. The van der Waals surface area contributed by atoms with Crippen molar-refractivity contribution in [2.24, 2.45) is 5.92 Å². The molecule has 0 radical (unpaired) electrons. The zero-order valence-electron chi connectivity index (χ0n) is 19.7. The molecule has 5 rings (SSSR count). The van der Waals surface area contributed by atoms with Crippen molar-refractivity contribution in [1.29, 1.82) is 0 Å². The summed E-state index contributed by atoms with van der Waals surface area (Å²) in [7, 11) is 1.66. The number of pyridine rings is 1. The van der Waals surface area contributed by atoms with E-state index < -0.39 is 5.41 Å². The number of aromatic nitrogens is 1. The van der Waals surface area contributed by atoms with Crippen molar-refractivity contribution in [1.82, 2.24) is 9.88 Å². The topological polar surface area (TPSA) is 60.9 Å². The van der Waals surface area contributed by atoms with E-state index in [0.717, 1.165) is 23.1 Å². The lowest BCUT2D eigenvalue weighted by Crippen LogP contribution is -2.51. The first-order valence-electron chi connectivity index (χ1n) is 12.1. The van der Waals surface area contributed by atoms with Gasteiger partial charge in [-0.3, -0.25) is 9.78 Å². The summed E-state index contributed by atoms with van der Waals surface area (Å²) in [5.41, 5.74) is 1.68. The molecule has 0 N–H and O–H groups in total. The smallest absolute Gasteiger partial charge is 0.233 e. The van der Waals surface area contributed by atoms with Gasteiger partial charge in [-0.15, -0.1) is 0 Å². The second-order valence-electron chi connectivity index (χ2n) is 9.34. The molecule has 178 valence electrons. The van der Waals surface area contributed by atoms with E-state index in [-0.39, 0.29) is 11.8 Å². The van der Waals surface area contributed by atoms with Crippen LogP contribution in [-0.4, -0.2) is 62.4 Å². The van der Waals surface area contributed by atoms with Gasteiger partial charge in [0.1, 0.15) is 5.75 Å². The summed E-state index contributed by atoms with van der Waals surface area (Å²) in [5, 5.41) is 2.36. The Morgan fingerprint density at radius 1 is 1.06 bits per heavy atom. The van der Waals surface area contributed by atoms with Gasteiger partial charge in [-0.1, -0.05) is 36.4 Å². The van der Waals surface area contributed by atoms with Crippen molar-refractivity contribution >= 4 is 16.7 Å². The minimum absolute atomic E-state index is 0.188. The fourth-order valence-electron chi connectivity index (χ4n) is 5.40. The first-order chi connectivity index (χ1) is 16.7. The summed E-state index contributed by atoms with van der Waals surface area (Å²) in [5.74, 6) is 1.20. The third kappa shape index (κ3) is 4.52. The highest BCUT2D eigenvalue weighted by atomic mass is 16.5. The number of fused-ring (bicyclic) bond motifs is 1. The number of carbonyl (C=O) groups is 1. The maximum atomic E-state index is 14.2. The number of ether oxygens (including phenoxy) is 3. The number of hydrogen-bond donors (Lipinski definition) is 0. The van der Waals surface area contributed by atoms with E-state index in [1.807, 2.05) is 47.6 Å². The van der Waals surface area contributed by atoms with Crippen LogP contribution in [0.15, 0.2) is 60.9 Å². The molecule has 2 aliphatic rings. The zero-order chi connectivity index (χ0) is 23.4. The minimum Gasteiger partial charge on any atom is -0.497 e. The monoisotopic (exact) mass is 460 g/mol. The molecule has 6 nitrogen and oxygen atoms in total. The third-order valence-electron chi connectivity index (χ3n) is 7.28. The van der Waals surface area contributed by atoms with Gasteiger partial charge in [-0.2, -0.15) is 0 Å². The highest BCUT2D eigenvalue weighted by Gasteiger charge is 2.44. The van der Waals surface area contributed by atoms with Gasteiger partial charge in [-0.25, -0.2) is 0 Å². The first-order valence-corrected chi connectivity index (χ1v) is 12.1. The summed E-state index contributed by atoms with van der Waals surface area (Å²) >= 11 is 0. The Kier molecular flexibility index (Phi) is 6.79. The van der Waals surface area contributed by atoms with Crippen LogP contribution in [0, 0.1) is 5.92 Å². The molecule has 1 aromatic heterocycles. The Bertz CT molecular complexity index is 1120. The third-order valence-corrected chi connectivity index (χ3v) is 7.28. The van der Waals surface area contributed by atoms with Crippen LogP contribution in [0.5, 0.6) is 5.75 Å². The van der Waals surface area contributed by atoms with Crippen LogP contribution in [0.2, 0.25) is 0 Å². The molecule has 0 spiro atoms. The number of nitrogens with zero attached hydrogens (tertiary/aromatic N) is 2. The van der Waals surface area contributed by atoms with Gasteiger partial charge in [-0.05, 0) is 47.9 Å². The van der Waals surface area contributed by atoms with Crippen LogP contribution >= 0.6 is 0 Å². The van der Waals surface area contributed by atoms with Gasteiger partial charge < -0.3 is 19.1 Å². The Hall–Kier alpha value is -2.96. The molecule has 3 aromatic rings. The summed E-state index contributed by atoms with van der Waals surface area (Å²) in [6, 6.07) is 16.3. The number of carbonyl (C=O) groups excluding carboxylic acids is 1. The van der Waals surface area contributed by atoms with E-state index in [1.165, 1.54) is 10.9 Å². The lowest BCUT2D eigenvalue weighted by Gasteiger charge is -2.40. The SMILES string of the molecule is COc1ccc(C2(C(=O)N3CCOC[C@@H](Cc4cncc5ccccc45)C3)CCOCC2)cc1. The van der Waals surface area contributed by atoms with Crippen LogP contribution < -0.4 is 4.74 Å². The number of methoxy groups -OCH3 is 1. The Labute approximate surface area is 200 Å². The summed E-state index contributed by atoms with van der Waals surface area (Å²) in [6.45, 7) is 3.68. The second kappa shape index (κ2) is 10.1. The standard InChI is InChI=1S/C28H32N2O4/c1-32-25-8-6-24(7-9-25)28(10-13-33-14-11-28)27(31)30-12-15-34-20-21(19-30)16-23-18-29-17-22-4-2-3-5-26(22)23/h2-9,17-18,21H,10-16,19-20H2,1H3/t21-/m0/s1. The van der Waals surface area contributed by atoms with Gasteiger partial charge >= 0.3 is 0 Å². The van der Waals surface area contributed by atoms with Crippen molar-refractivity contribution in [3.63, 3.8) is 0 Å². The molecule has 1 atom stereocenters. The van der Waals surface area contributed by atoms with E-state index in [9.17, 15) is 4.79 Å². The average molecular weight is 461 g/mol. The van der Waals surface area contributed by atoms with Gasteiger partial charge in [0.05, 0.1) is 25.7 Å². The van der Waals surface area contributed by atoms with E-state index in [0.29, 0.717) is 52.4 Å². The van der Waals surface area contributed by atoms with Crippen molar-refractivity contribution in [3.8, 4) is 5.75 Å². The number of amides is 1. The first kappa shape index (κ1) is 22.8. The van der Waals surface area contributed by atoms with E-state index in [2.05, 4.69) is 23.2 Å². The summed E-state index contributed by atoms with van der Waals surface area (Å²) in [6.07, 6.45) is 6.07. The van der Waals surface area contributed by atoms with Crippen molar-refractivity contribution in [2.75, 3.05) is 46.6 Å². The molecular weight excluding hydrogens is 428 g/mol. The van der Waals surface area contributed by atoms with Crippen molar-refractivity contribution in [2.45, 2.75) is 24.7 Å². The quantitative estimate of drug-likeness (QED) is 0.576. The molecule has 0 bridgehead atoms. The van der Waals surface area contributed by atoms with E-state index in [4.69, 9.17) is 14.2 Å². The van der Waals surface area contributed by atoms with Crippen LogP contribution in [0.25, 0.3) is 10.8 Å². The van der Waals surface area contributed by atoms with Gasteiger partial charge in [0.2, 0.25) is 5.91 Å². The van der Waals surface area contributed by atoms with Crippen molar-refractivity contribution in [3.05, 3.63) is 72.1 Å². The van der Waals surface area contributed by atoms with E-state index in [1.54, 1.807) is 7.11 Å². The Morgan fingerprint density at radius 3 is 2.65 bits per heavy atom. The molecule has 2 aromatic carbocycles. The van der Waals surface area contributed by atoms with Gasteiger partial charge in [0, 0.05) is 50.0 Å². The number of rotatable bonds is 5. The fourth-order valence-corrected chi connectivity index (χ4v) is 5.40. The molecule has 1 amide bonds. The molecule has 0 unspecified atom stereocenters. The molecule has 2 fully saturated rings. The molecule has 2 aliphatic heterocycles. The average Bonchev–Trinajstić information content (AvgIpc) is 3.14. The number of hydrogen-bond acceptors (Lipinski definition) is 5. The lowest BCUT2D eigenvalue weighted by atomic mass is 9.72. The highest BCUT2D eigenvalue weighted by Crippen LogP contribution is 2.38. The van der Waals surface area contributed by atoms with Crippen LogP contribution in [0.1, 0.15) is 24.0 Å². The predicted octanol–water partition coefficient (Wildman–Crippen LogP) is 4.01. The Morgan fingerprint density at radius 2 is 1.85 bits per heavy atom. The molecule has 6 heteroatoms. The Balaban J connectivity index is 1.40. The molecule has 0 saturated carbocycles. The molecule has 3 heterocycles. The zero-order valence-corrected chi connectivity index (χ0v) is 19.7. The maximum Gasteiger partial charge on any atom is 0.233 e. The molecular formula is C28H32N2O4. The lowest BCUT2D eigenvalue weighted by molar-refractivity contribution is -0.141. The molecule has 34 heavy (non-hydrogen) atoms. The van der Waals surface area contributed by atoms with Crippen LogP contribution in [-0.2, 0) is 26.1 Å². The van der Waals surface area contributed by atoms with Crippen LogP contribution in [0.4, 0.5) is 0 Å². The fraction of sp³-hybridized carbons (Fsp3) is 0.429. The summed E-state index contributed by atoms with van der Waals surface area (Å²) < 4.78 is 17.0. The predicted molar refractivity (Wildman–Crippen MR) is 131 cm³/mol. The minimum atomic E-state index is -0.569. The molecule has 0 aliphatic carbocycles. The largest absolute Gasteiger partial charge is 0.497 e. The second-order valence-corrected chi connectivity index (χ2v) is 9.34. The van der Waals surface area contributed by atoms with E-state index >= 15 is 0 Å². The van der Waals surface area contributed by atoms with Gasteiger partial charge in [0.15, 0.2) is 0 Å². The number of benzene rings is 2. The van der Waals surface area contributed by atoms with Gasteiger partial charge in [0.25, 0.3) is 0 Å². The highest BCUT2D eigenvalue weighted by molar-refractivity contribution is 5.89. The normalized spacial score (nSPS) is 20.6. The maximum absolute atomic E-state index is 14.2.